The van der Waals surface area contributed by atoms with Gasteiger partial charge in [0.1, 0.15) is 0 Å². The van der Waals surface area contributed by atoms with Gasteiger partial charge < -0.3 is 15.5 Å². The lowest BCUT2D eigenvalue weighted by molar-refractivity contribution is -0.148. The molecule has 0 aromatic heterocycles. The van der Waals surface area contributed by atoms with E-state index in [0.29, 0.717) is 0 Å². The molecule has 0 aliphatic heterocycles. The number of carboxylic acid groups (broad SMARTS) is 2. The molecule has 0 rings (SSSR count). The lowest BCUT2D eigenvalue weighted by Crippen LogP contribution is -2.16. The molecule has 12 heavy (non-hydrogen) atoms. The Balaban J connectivity index is 0. The van der Waals surface area contributed by atoms with Gasteiger partial charge in [0.2, 0.25) is 5.78 Å². The molecule has 0 aromatic carbocycles. The van der Waals surface area contributed by atoms with Crippen molar-refractivity contribution in [3.05, 3.63) is 0 Å². The van der Waals surface area contributed by atoms with Gasteiger partial charge in [-0.25, -0.2) is 4.79 Å². The van der Waals surface area contributed by atoms with Gasteiger partial charge in [0.05, 0.1) is 6.54 Å². The number of Topliss-reactive ketones (excluding diaryl/α,β-unsaturated/α-hetero) is 1. The molecular weight excluding hydrogens is 166 g/mol. The van der Waals surface area contributed by atoms with Crippen molar-refractivity contribution in [3.63, 3.8) is 0 Å². The summed E-state index contributed by atoms with van der Waals surface area (Å²) < 4.78 is 0. The second kappa shape index (κ2) is 7.67. The Bertz CT molecular complexity index is 165. The van der Waals surface area contributed by atoms with Gasteiger partial charge in [-0.15, -0.1) is 0 Å². The highest BCUT2D eigenvalue weighted by Crippen LogP contribution is 1.61. The van der Waals surface area contributed by atoms with Gasteiger partial charge in [0.15, 0.2) is 0 Å². The van der Waals surface area contributed by atoms with Crippen LogP contribution in [0.25, 0.3) is 0 Å². The lowest BCUT2D eigenvalue weighted by Gasteiger charge is -1.84. The molecule has 0 radical (unpaired) electrons. The fraction of sp³-hybridized carbons (Fsp3) is 0.500. The topological polar surface area (TPSA) is 104 Å². The Kier molecular flexibility index (Phi) is 8.43. The summed E-state index contributed by atoms with van der Waals surface area (Å²) in [6.45, 7) is 1.04. The van der Waals surface area contributed by atoms with Crippen LogP contribution >= 0.6 is 0 Å². The summed E-state index contributed by atoms with van der Waals surface area (Å²) >= 11 is 0. The third-order valence-corrected chi connectivity index (χ3v) is 0.629. The highest BCUT2D eigenvalue weighted by atomic mass is 16.4. The van der Waals surface area contributed by atoms with Crippen LogP contribution in [0, 0.1) is 0 Å². The first-order valence-electron chi connectivity index (χ1n) is 3.02. The second-order valence-electron chi connectivity index (χ2n) is 1.79. The molecule has 0 heterocycles. The van der Waals surface area contributed by atoms with E-state index in [1.165, 1.54) is 0 Å². The van der Waals surface area contributed by atoms with Crippen molar-refractivity contribution in [2.45, 2.75) is 6.92 Å². The summed E-state index contributed by atoms with van der Waals surface area (Å²) in [6, 6.07) is 0. The monoisotopic (exact) mass is 177 g/mol. The first-order valence-corrected chi connectivity index (χ1v) is 3.02. The number of aliphatic carboxylic acids is 2. The van der Waals surface area contributed by atoms with Crippen LogP contribution < -0.4 is 5.32 Å². The fourth-order valence-corrected chi connectivity index (χ4v) is 0.151. The average Bonchev–Trinajstić information content (AvgIpc) is 1.87. The van der Waals surface area contributed by atoms with Gasteiger partial charge in [-0.05, 0) is 7.05 Å². The molecule has 0 spiro atoms. The van der Waals surface area contributed by atoms with Crippen LogP contribution in [0.3, 0.4) is 0 Å². The molecule has 6 heteroatoms. The molecule has 0 unspecified atom stereocenters. The van der Waals surface area contributed by atoms with Crippen LogP contribution in [0.4, 0.5) is 0 Å². The lowest BCUT2D eigenvalue weighted by atomic mass is 10.5. The summed E-state index contributed by atoms with van der Waals surface area (Å²) in [5.74, 6) is -3.03. The van der Waals surface area contributed by atoms with Crippen molar-refractivity contribution in [1.29, 1.82) is 0 Å². The normalized spacial score (nSPS) is 7.83. The quantitative estimate of drug-likeness (QED) is 0.475. The number of hydrogen-bond acceptors (Lipinski definition) is 4. The van der Waals surface area contributed by atoms with Crippen LogP contribution in [0.1, 0.15) is 6.92 Å². The predicted octanol–water partition coefficient (Wildman–Crippen LogP) is -1.05. The summed E-state index contributed by atoms with van der Waals surface area (Å²) in [6.07, 6.45) is 0. The maximum atomic E-state index is 9.54. The van der Waals surface area contributed by atoms with E-state index < -0.39 is 17.7 Å². The van der Waals surface area contributed by atoms with E-state index in [1.807, 2.05) is 0 Å². The van der Waals surface area contributed by atoms with Crippen LogP contribution in [0.2, 0.25) is 0 Å². The Hall–Kier alpha value is -1.43. The van der Waals surface area contributed by atoms with E-state index in [-0.39, 0.29) is 6.54 Å². The third-order valence-electron chi connectivity index (χ3n) is 0.629. The first-order chi connectivity index (χ1) is 5.41. The number of likely N-dealkylation sites (N-methyl/N-ethyl adjacent to an activating group) is 1. The predicted molar refractivity (Wildman–Crippen MR) is 39.9 cm³/mol. The summed E-state index contributed by atoms with van der Waals surface area (Å²) in [5, 5.41) is 18.0. The van der Waals surface area contributed by atoms with E-state index in [1.54, 1.807) is 7.05 Å². The highest BCUT2D eigenvalue weighted by Gasteiger charge is 1.98. The van der Waals surface area contributed by atoms with Gasteiger partial charge in [-0.2, -0.15) is 0 Å². The van der Waals surface area contributed by atoms with Crippen molar-refractivity contribution in [3.8, 4) is 0 Å². The Morgan fingerprint density at radius 2 is 1.58 bits per heavy atom. The van der Waals surface area contributed by atoms with E-state index in [9.17, 15) is 14.4 Å². The van der Waals surface area contributed by atoms with Gasteiger partial charge in [0.25, 0.3) is 0 Å². The number of hydrogen-bond donors (Lipinski definition) is 3. The standard InChI is InChI=1S/C3H7NO2.C3H4O3/c1-4-2-3(5)6;1-2(4)3(5)6/h4H,2H2,1H3,(H,5,6);1H3,(H,5,6). The largest absolute Gasteiger partial charge is 0.480 e. The number of ketones is 1. The molecule has 0 saturated carbocycles. The SMILES string of the molecule is CC(=O)C(=O)O.CNCC(=O)O. The molecule has 0 bridgehead atoms. The minimum absolute atomic E-state index is 0.0417. The number of carbonyl (C=O) groups excluding carboxylic acids is 1. The fourth-order valence-electron chi connectivity index (χ4n) is 0.151. The third kappa shape index (κ3) is 15.8. The molecule has 3 N–H and O–H groups in total. The zero-order valence-corrected chi connectivity index (χ0v) is 6.83. The van der Waals surface area contributed by atoms with Gasteiger partial charge in [-0.1, -0.05) is 0 Å². The van der Waals surface area contributed by atoms with Gasteiger partial charge >= 0.3 is 11.9 Å². The number of carboxylic acids is 2. The van der Waals surface area contributed by atoms with Crippen molar-refractivity contribution < 1.29 is 24.6 Å². The Labute approximate surface area is 69.2 Å². The van der Waals surface area contributed by atoms with Crippen molar-refractivity contribution >= 4 is 17.7 Å². The number of rotatable bonds is 3. The Morgan fingerprint density at radius 3 is 1.58 bits per heavy atom. The molecule has 0 atom stereocenters. The van der Waals surface area contributed by atoms with Crippen LogP contribution in [0.15, 0.2) is 0 Å². The Morgan fingerprint density at radius 1 is 1.25 bits per heavy atom. The van der Waals surface area contributed by atoms with Crippen molar-refractivity contribution in [2.75, 3.05) is 13.6 Å². The van der Waals surface area contributed by atoms with Gasteiger partial charge in [-0.3, -0.25) is 9.59 Å². The zero-order chi connectivity index (χ0) is 10.1. The number of nitrogens with one attached hydrogen (secondary N) is 1. The maximum Gasteiger partial charge on any atom is 0.371 e. The number of carbonyl (C=O) groups is 3. The van der Waals surface area contributed by atoms with Gasteiger partial charge in [0, 0.05) is 6.92 Å². The van der Waals surface area contributed by atoms with E-state index in [2.05, 4.69) is 5.32 Å². The zero-order valence-electron chi connectivity index (χ0n) is 6.83. The minimum atomic E-state index is -1.38. The second-order valence-corrected chi connectivity index (χ2v) is 1.79. The molecule has 0 aliphatic rings. The van der Waals surface area contributed by atoms with E-state index in [0.717, 1.165) is 6.92 Å². The van der Waals surface area contributed by atoms with Crippen molar-refractivity contribution in [1.82, 2.24) is 5.32 Å². The molecule has 0 aromatic rings. The molecule has 0 saturated heterocycles. The summed E-state index contributed by atoms with van der Waals surface area (Å²) in [7, 11) is 1.59. The van der Waals surface area contributed by atoms with Crippen molar-refractivity contribution in [2.24, 2.45) is 0 Å². The first kappa shape index (κ1) is 13.2. The van der Waals surface area contributed by atoms with Crippen LogP contribution in [0.5, 0.6) is 0 Å². The van der Waals surface area contributed by atoms with Crippen LogP contribution in [-0.4, -0.2) is 41.5 Å². The van der Waals surface area contributed by atoms with E-state index in [4.69, 9.17) is 10.2 Å². The molecule has 6 nitrogen and oxygen atoms in total. The minimum Gasteiger partial charge on any atom is -0.480 e. The molecule has 0 amide bonds. The molecule has 0 fully saturated rings. The maximum absolute atomic E-state index is 9.54. The average molecular weight is 177 g/mol. The molecule has 70 valence electrons. The summed E-state index contributed by atoms with van der Waals surface area (Å²) in [5.41, 5.74) is 0. The van der Waals surface area contributed by atoms with E-state index >= 15 is 0 Å². The van der Waals surface area contributed by atoms with Crippen LogP contribution in [-0.2, 0) is 14.4 Å². The molecule has 0 aliphatic carbocycles. The summed E-state index contributed by atoms with van der Waals surface area (Å²) in [4.78, 5) is 28.4. The molecular formula is C6H11NO5. The highest BCUT2D eigenvalue weighted by molar-refractivity contribution is 6.31. The smallest absolute Gasteiger partial charge is 0.371 e.